The normalized spacial score (nSPS) is 17.1. The lowest BCUT2D eigenvalue weighted by Crippen LogP contribution is -2.46. The van der Waals surface area contributed by atoms with Gasteiger partial charge in [-0.1, -0.05) is 26.0 Å². The predicted octanol–water partition coefficient (Wildman–Crippen LogP) is 1.83. The van der Waals surface area contributed by atoms with Gasteiger partial charge < -0.3 is 15.2 Å². The number of likely N-dealkylation sites (tertiary alicyclic amines) is 1. The first-order valence-electron chi connectivity index (χ1n) is 9.37. The number of rotatable bonds is 5. The van der Waals surface area contributed by atoms with Crippen molar-refractivity contribution in [2.75, 3.05) is 18.4 Å². The Kier molecular flexibility index (Phi) is 5.78. The average molecular weight is 370 g/mol. The van der Waals surface area contributed by atoms with Crippen LogP contribution in [-0.2, 0) is 11.2 Å². The standard InChI is InChI=1S/C20H26N4O3/c1-13(2)14-5-7-16(8-6-14)22-17-4-3-9-24(12-17)18(25)10-15-11-21-20(27)23-19(15)26/h5-8,11,13,17,22H,3-4,9-10,12H2,1-2H3,(H2,21,23,26,27). The highest BCUT2D eigenvalue weighted by atomic mass is 16.2. The molecule has 1 aliphatic heterocycles. The van der Waals surface area contributed by atoms with Gasteiger partial charge in [0.25, 0.3) is 5.56 Å². The smallest absolute Gasteiger partial charge is 0.325 e. The molecule has 1 saturated heterocycles. The number of benzene rings is 1. The first kappa shape index (κ1) is 18.9. The zero-order valence-electron chi connectivity index (χ0n) is 15.7. The highest BCUT2D eigenvalue weighted by molar-refractivity contribution is 5.78. The molecule has 1 unspecified atom stereocenters. The molecule has 1 aromatic heterocycles. The summed E-state index contributed by atoms with van der Waals surface area (Å²) in [6.45, 7) is 5.62. The fraction of sp³-hybridized carbons (Fsp3) is 0.450. The molecule has 1 fully saturated rings. The molecule has 0 aliphatic carbocycles. The molecule has 2 aromatic rings. The summed E-state index contributed by atoms with van der Waals surface area (Å²) in [5.74, 6) is 0.395. The van der Waals surface area contributed by atoms with Crippen molar-refractivity contribution in [2.45, 2.75) is 45.1 Å². The lowest BCUT2D eigenvalue weighted by atomic mass is 10.0. The number of H-pyrrole nitrogens is 2. The first-order valence-corrected chi connectivity index (χ1v) is 9.37. The van der Waals surface area contributed by atoms with Crippen LogP contribution < -0.4 is 16.6 Å². The monoisotopic (exact) mass is 370 g/mol. The third-order valence-corrected chi connectivity index (χ3v) is 4.96. The Bertz CT molecular complexity index is 898. The highest BCUT2D eigenvalue weighted by Gasteiger charge is 2.24. The van der Waals surface area contributed by atoms with Gasteiger partial charge in [-0.15, -0.1) is 0 Å². The fourth-order valence-corrected chi connectivity index (χ4v) is 3.37. The van der Waals surface area contributed by atoms with E-state index in [0.29, 0.717) is 19.0 Å². The third-order valence-electron chi connectivity index (χ3n) is 4.96. The number of anilines is 1. The molecule has 1 amide bonds. The maximum absolute atomic E-state index is 12.6. The van der Waals surface area contributed by atoms with Gasteiger partial charge in [-0.3, -0.25) is 14.6 Å². The van der Waals surface area contributed by atoms with Crippen molar-refractivity contribution in [1.29, 1.82) is 0 Å². The van der Waals surface area contributed by atoms with Crippen LogP contribution in [0.3, 0.4) is 0 Å². The van der Waals surface area contributed by atoms with Crippen molar-refractivity contribution >= 4 is 11.6 Å². The molecule has 1 aromatic carbocycles. The van der Waals surface area contributed by atoms with Crippen molar-refractivity contribution in [1.82, 2.24) is 14.9 Å². The molecule has 3 rings (SSSR count). The van der Waals surface area contributed by atoms with Gasteiger partial charge in [0.2, 0.25) is 5.91 Å². The molecule has 27 heavy (non-hydrogen) atoms. The maximum atomic E-state index is 12.6. The number of hydrogen-bond acceptors (Lipinski definition) is 4. The predicted molar refractivity (Wildman–Crippen MR) is 105 cm³/mol. The molecule has 144 valence electrons. The molecule has 3 N–H and O–H groups in total. The zero-order chi connectivity index (χ0) is 19.4. The molecule has 7 heteroatoms. The molecule has 0 spiro atoms. The minimum absolute atomic E-state index is 0.0120. The quantitative estimate of drug-likeness (QED) is 0.748. The van der Waals surface area contributed by atoms with E-state index in [9.17, 15) is 14.4 Å². The summed E-state index contributed by atoms with van der Waals surface area (Å²) in [7, 11) is 0. The van der Waals surface area contributed by atoms with Crippen LogP contribution in [0.1, 0.15) is 43.7 Å². The number of aromatic nitrogens is 2. The molecule has 2 heterocycles. The van der Waals surface area contributed by atoms with E-state index in [-0.39, 0.29) is 23.9 Å². The summed E-state index contributed by atoms with van der Waals surface area (Å²) >= 11 is 0. The lowest BCUT2D eigenvalue weighted by Gasteiger charge is -2.33. The van der Waals surface area contributed by atoms with E-state index in [1.807, 2.05) is 0 Å². The van der Waals surface area contributed by atoms with Crippen molar-refractivity contribution in [3.63, 3.8) is 0 Å². The SMILES string of the molecule is CC(C)c1ccc(NC2CCCN(C(=O)Cc3c[nH]c(=O)[nH]c3=O)C2)cc1. The molecule has 0 radical (unpaired) electrons. The zero-order valence-corrected chi connectivity index (χ0v) is 15.7. The second-order valence-electron chi connectivity index (χ2n) is 7.37. The largest absolute Gasteiger partial charge is 0.381 e. The van der Waals surface area contributed by atoms with Gasteiger partial charge in [0.1, 0.15) is 0 Å². The van der Waals surface area contributed by atoms with Crippen molar-refractivity contribution in [3.8, 4) is 0 Å². The van der Waals surface area contributed by atoms with Crippen LogP contribution in [0.4, 0.5) is 5.69 Å². The Morgan fingerprint density at radius 2 is 2.00 bits per heavy atom. The van der Waals surface area contributed by atoms with Gasteiger partial charge in [-0.25, -0.2) is 4.79 Å². The van der Waals surface area contributed by atoms with E-state index in [0.717, 1.165) is 18.5 Å². The Morgan fingerprint density at radius 3 is 2.67 bits per heavy atom. The van der Waals surface area contributed by atoms with Crippen LogP contribution in [0.5, 0.6) is 0 Å². The van der Waals surface area contributed by atoms with Crippen LogP contribution in [-0.4, -0.2) is 39.9 Å². The van der Waals surface area contributed by atoms with E-state index < -0.39 is 11.2 Å². The number of nitrogens with zero attached hydrogens (tertiary/aromatic N) is 1. The summed E-state index contributed by atoms with van der Waals surface area (Å²) in [5, 5.41) is 3.51. The van der Waals surface area contributed by atoms with E-state index in [1.54, 1.807) is 4.90 Å². The van der Waals surface area contributed by atoms with Gasteiger partial charge >= 0.3 is 5.69 Å². The summed E-state index contributed by atoms with van der Waals surface area (Å²) in [5.41, 5.74) is 1.55. The number of nitrogens with one attached hydrogen (secondary N) is 3. The van der Waals surface area contributed by atoms with Gasteiger partial charge in [0.15, 0.2) is 0 Å². The highest BCUT2D eigenvalue weighted by Crippen LogP contribution is 2.20. The second kappa shape index (κ2) is 8.24. The first-order chi connectivity index (χ1) is 12.9. The Hall–Kier alpha value is -2.83. The van der Waals surface area contributed by atoms with Gasteiger partial charge in [0.05, 0.1) is 6.42 Å². The molecular formula is C20H26N4O3. The minimum Gasteiger partial charge on any atom is -0.381 e. The van der Waals surface area contributed by atoms with Crippen molar-refractivity contribution in [2.24, 2.45) is 0 Å². The Morgan fingerprint density at radius 1 is 1.26 bits per heavy atom. The van der Waals surface area contributed by atoms with Crippen LogP contribution in [0.25, 0.3) is 0 Å². The average Bonchev–Trinajstić information content (AvgIpc) is 2.64. The van der Waals surface area contributed by atoms with Crippen molar-refractivity contribution in [3.05, 3.63) is 62.4 Å². The fourth-order valence-electron chi connectivity index (χ4n) is 3.37. The van der Waals surface area contributed by atoms with E-state index in [4.69, 9.17) is 0 Å². The molecular weight excluding hydrogens is 344 g/mol. The van der Waals surface area contributed by atoms with Gasteiger partial charge in [0, 0.05) is 36.6 Å². The molecule has 0 saturated carbocycles. The number of piperidine rings is 1. The summed E-state index contributed by atoms with van der Waals surface area (Å²) in [6, 6.07) is 8.59. The lowest BCUT2D eigenvalue weighted by molar-refractivity contribution is -0.131. The van der Waals surface area contributed by atoms with Crippen LogP contribution in [0.2, 0.25) is 0 Å². The molecule has 1 atom stereocenters. The number of carbonyl (C=O) groups excluding carboxylic acids is 1. The Labute approximate surface area is 157 Å². The van der Waals surface area contributed by atoms with Crippen molar-refractivity contribution < 1.29 is 4.79 Å². The van der Waals surface area contributed by atoms with E-state index >= 15 is 0 Å². The van der Waals surface area contributed by atoms with E-state index in [1.165, 1.54) is 11.8 Å². The van der Waals surface area contributed by atoms with Gasteiger partial charge in [-0.2, -0.15) is 0 Å². The molecule has 7 nitrogen and oxygen atoms in total. The minimum atomic E-state index is -0.568. The number of amides is 1. The summed E-state index contributed by atoms with van der Waals surface area (Å²) in [6.07, 6.45) is 3.21. The summed E-state index contributed by atoms with van der Waals surface area (Å²) < 4.78 is 0. The molecule has 1 aliphatic rings. The Balaban J connectivity index is 1.60. The number of carbonyl (C=O) groups is 1. The van der Waals surface area contributed by atoms with E-state index in [2.05, 4.69) is 53.4 Å². The summed E-state index contributed by atoms with van der Waals surface area (Å²) in [4.78, 5) is 41.8. The number of hydrogen-bond donors (Lipinski definition) is 3. The van der Waals surface area contributed by atoms with Crippen LogP contribution >= 0.6 is 0 Å². The van der Waals surface area contributed by atoms with Crippen LogP contribution in [0.15, 0.2) is 40.1 Å². The maximum Gasteiger partial charge on any atom is 0.325 e. The van der Waals surface area contributed by atoms with Gasteiger partial charge in [-0.05, 0) is 36.5 Å². The molecule has 0 bridgehead atoms. The number of aromatic amines is 2. The van der Waals surface area contributed by atoms with Crippen LogP contribution in [0, 0.1) is 0 Å². The third kappa shape index (κ3) is 4.87. The second-order valence-corrected chi connectivity index (χ2v) is 7.37. The topological polar surface area (TPSA) is 98.1 Å².